The number of benzene rings is 2. The van der Waals surface area contributed by atoms with E-state index >= 15 is 0 Å². The fraction of sp³-hybridized carbons (Fsp3) is 0.370. The number of halogens is 1. The molecular weight excluding hydrogens is 506 g/mol. The summed E-state index contributed by atoms with van der Waals surface area (Å²) in [6.07, 6.45) is 1.71. The normalized spacial score (nSPS) is 11.3. The van der Waals surface area contributed by atoms with E-state index in [2.05, 4.69) is 54.3 Å². The first-order chi connectivity index (χ1) is 16.6. The molecule has 0 atom stereocenters. The van der Waals surface area contributed by atoms with E-state index in [1.54, 1.807) is 9.58 Å². The number of amides is 3. The first kappa shape index (κ1) is 26.5. The van der Waals surface area contributed by atoms with E-state index in [-0.39, 0.29) is 23.9 Å². The van der Waals surface area contributed by atoms with Gasteiger partial charge in [-0.25, -0.2) is 9.48 Å². The molecule has 3 rings (SSSR count). The van der Waals surface area contributed by atoms with Crippen molar-refractivity contribution in [2.24, 2.45) is 0 Å². The third-order valence-electron chi connectivity index (χ3n) is 5.57. The molecule has 0 saturated heterocycles. The standard InChI is InChI=1S/C27H34BrN5O2/c1-6-7-15-32(26(35)29-21-13-10-12-20(28)16-21)18-25(34)30-24-17-23(27(3,4)5)31-33(24)22-14-9-8-11-19(22)2/h8-14,16-17H,6-7,15,18H2,1-5H3,(H,29,35)(H,30,34). The Morgan fingerprint density at radius 2 is 1.80 bits per heavy atom. The highest BCUT2D eigenvalue weighted by molar-refractivity contribution is 9.10. The number of nitrogens with one attached hydrogen (secondary N) is 2. The van der Waals surface area contributed by atoms with Crippen LogP contribution in [0.4, 0.5) is 16.3 Å². The number of unbranched alkanes of at least 4 members (excludes halogenated alkanes) is 1. The van der Waals surface area contributed by atoms with E-state index < -0.39 is 0 Å². The van der Waals surface area contributed by atoms with Gasteiger partial charge in [0.05, 0.1) is 11.4 Å². The van der Waals surface area contributed by atoms with Crippen molar-refractivity contribution >= 4 is 39.4 Å². The molecule has 0 spiro atoms. The monoisotopic (exact) mass is 539 g/mol. The highest BCUT2D eigenvalue weighted by Gasteiger charge is 2.23. The van der Waals surface area contributed by atoms with Gasteiger partial charge in [0.15, 0.2) is 0 Å². The molecule has 0 fully saturated rings. The number of anilines is 2. The summed E-state index contributed by atoms with van der Waals surface area (Å²) in [5.41, 5.74) is 3.29. The van der Waals surface area contributed by atoms with Crippen molar-refractivity contribution in [3.05, 3.63) is 70.3 Å². The van der Waals surface area contributed by atoms with Crippen molar-refractivity contribution in [1.29, 1.82) is 0 Å². The smallest absolute Gasteiger partial charge is 0.315 e. The van der Waals surface area contributed by atoms with Crippen LogP contribution in [-0.2, 0) is 10.2 Å². The Balaban J connectivity index is 1.82. The van der Waals surface area contributed by atoms with E-state index in [9.17, 15) is 9.59 Å². The van der Waals surface area contributed by atoms with Crippen LogP contribution in [0.15, 0.2) is 59.1 Å². The number of carbonyl (C=O) groups excluding carboxylic acids is 2. The third kappa shape index (κ3) is 7.18. The SMILES string of the molecule is CCCCN(CC(=O)Nc1cc(C(C)(C)C)nn1-c1ccccc1C)C(=O)Nc1cccc(Br)c1. The molecule has 1 heterocycles. The van der Waals surface area contributed by atoms with Crippen LogP contribution in [0.2, 0.25) is 0 Å². The third-order valence-corrected chi connectivity index (χ3v) is 6.06. The zero-order valence-electron chi connectivity index (χ0n) is 21.1. The molecular formula is C27H34BrN5O2. The molecule has 3 aromatic rings. The van der Waals surface area contributed by atoms with E-state index in [4.69, 9.17) is 5.10 Å². The molecule has 7 nitrogen and oxygen atoms in total. The molecule has 0 radical (unpaired) electrons. The fourth-order valence-electron chi connectivity index (χ4n) is 3.55. The number of carbonyl (C=O) groups is 2. The minimum Gasteiger partial charge on any atom is -0.315 e. The summed E-state index contributed by atoms with van der Waals surface area (Å²) in [5, 5.41) is 10.7. The first-order valence-corrected chi connectivity index (χ1v) is 12.7. The number of aryl methyl sites for hydroxylation is 1. The lowest BCUT2D eigenvalue weighted by atomic mass is 9.92. The molecule has 186 valence electrons. The minimum atomic E-state index is -0.311. The predicted molar refractivity (Wildman–Crippen MR) is 145 cm³/mol. The first-order valence-electron chi connectivity index (χ1n) is 11.9. The molecule has 0 aliphatic rings. The topological polar surface area (TPSA) is 79.3 Å². The van der Waals surface area contributed by atoms with Crippen molar-refractivity contribution in [1.82, 2.24) is 14.7 Å². The predicted octanol–water partition coefficient (Wildman–Crippen LogP) is 6.51. The van der Waals surface area contributed by atoms with Gasteiger partial charge in [0.2, 0.25) is 5.91 Å². The number of hydrogen-bond donors (Lipinski definition) is 2. The number of aromatic nitrogens is 2. The molecule has 2 N–H and O–H groups in total. The Labute approximate surface area is 216 Å². The van der Waals surface area contributed by atoms with Gasteiger partial charge in [0, 0.05) is 28.2 Å². The molecule has 0 aliphatic heterocycles. The van der Waals surface area contributed by atoms with Crippen molar-refractivity contribution in [2.75, 3.05) is 23.7 Å². The molecule has 0 bridgehead atoms. The van der Waals surface area contributed by atoms with Crippen LogP contribution in [0, 0.1) is 6.92 Å². The lowest BCUT2D eigenvalue weighted by molar-refractivity contribution is -0.116. The second kappa shape index (κ2) is 11.5. The Bertz CT molecular complexity index is 1180. The molecule has 35 heavy (non-hydrogen) atoms. The number of nitrogens with zero attached hydrogens (tertiary/aromatic N) is 3. The molecule has 3 amide bonds. The molecule has 2 aromatic carbocycles. The van der Waals surface area contributed by atoms with Gasteiger partial charge in [-0.1, -0.05) is 74.3 Å². The maximum Gasteiger partial charge on any atom is 0.322 e. The van der Waals surface area contributed by atoms with Crippen LogP contribution in [0.3, 0.4) is 0 Å². The number of rotatable bonds is 8. The Hall–Kier alpha value is -3.13. The van der Waals surface area contributed by atoms with Crippen LogP contribution in [-0.4, -0.2) is 39.7 Å². The number of urea groups is 1. The highest BCUT2D eigenvalue weighted by Crippen LogP contribution is 2.27. The summed E-state index contributed by atoms with van der Waals surface area (Å²) >= 11 is 3.42. The van der Waals surface area contributed by atoms with Crippen LogP contribution < -0.4 is 10.6 Å². The van der Waals surface area contributed by atoms with Crippen molar-refractivity contribution in [3.8, 4) is 5.69 Å². The van der Waals surface area contributed by atoms with Gasteiger partial charge in [-0.15, -0.1) is 0 Å². The van der Waals surface area contributed by atoms with Gasteiger partial charge in [-0.05, 0) is 43.2 Å². The van der Waals surface area contributed by atoms with Crippen molar-refractivity contribution in [3.63, 3.8) is 0 Å². The summed E-state index contributed by atoms with van der Waals surface area (Å²) in [6, 6.07) is 16.9. The quantitative estimate of drug-likeness (QED) is 0.342. The molecule has 0 unspecified atom stereocenters. The Kier molecular flexibility index (Phi) is 8.72. The number of para-hydroxylation sites is 1. The fourth-order valence-corrected chi connectivity index (χ4v) is 3.95. The maximum atomic E-state index is 13.1. The zero-order chi connectivity index (χ0) is 25.6. The van der Waals surface area contributed by atoms with Crippen LogP contribution in [0.25, 0.3) is 5.69 Å². The van der Waals surface area contributed by atoms with Crippen LogP contribution >= 0.6 is 15.9 Å². The lowest BCUT2D eigenvalue weighted by Gasteiger charge is -2.22. The molecule has 0 aliphatic carbocycles. The average Bonchev–Trinajstić information content (AvgIpc) is 3.21. The van der Waals surface area contributed by atoms with E-state index in [1.165, 1.54) is 0 Å². The van der Waals surface area contributed by atoms with Gasteiger partial charge in [0.25, 0.3) is 0 Å². The number of hydrogen-bond acceptors (Lipinski definition) is 3. The molecule has 8 heteroatoms. The van der Waals surface area contributed by atoms with Gasteiger partial charge >= 0.3 is 6.03 Å². The van der Waals surface area contributed by atoms with E-state index in [1.807, 2.05) is 61.5 Å². The summed E-state index contributed by atoms with van der Waals surface area (Å²) in [6.45, 7) is 10.7. The van der Waals surface area contributed by atoms with Crippen LogP contribution in [0.5, 0.6) is 0 Å². The van der Waals surface area contributed by atoms with E-state index in [0.717, 1.165) is 34.3 Å². The lowest BCUT2D eigenvalue weighted by Crippen LogP contribution is -2.41. The minimum absolute atomic E-state index is 0.0658. The summed E-state index contributed by atoms with van der Waals surface area (Å²) in [4.78, 5) is 27.7. The van der Waals surface area contributed by atoms with Crippen molar-refractivity contribution in [2.45, 2.75) is 52.9 Å². The maximum absolute atomic E-state index is 13.1. The van der Waals surface area contributed by atoms with E-state index in [0.29, 0.717) is 18.1 Å². The largest absolute Gasteiger partial charge is 0.322 e. The molecule has 1 aromatic heterocycles. The second-order valence-electron chi connectivity index (χ2n) is 9.63. The Morgan fingerprint density at radius 3 is 2.46 bits per heavy atom. The Morgan fingerprint density at radius 1 is 1.06 bits per heavy atom. The van der Waals surface area contributed by atoms with Crippen molar-refractivity contribution < 1.29 is 9.59 Å². The summed E-state index contributed by atoms with van der Waals surface area (Å²) < 4.78 is 2.64. The highest BCUT2D eigenvalue weighted by atomic mass is 79.9. The zero-order valence-corrected chi connectivity index (χ0v) is 22.6. The second-order valence-corrected chi connectivity index (χ2v) is 10.5. The van der Waals surface area contributed by atoms with Gasteiger partial charge in [-0.3, -0.25) is 4.79 Å². The van der Waals surface area contributed by atoms with Crippen LogP contribution in [0.1, 0.15) is 51.8 Å². The van der Waals surface area contributed by atoms with Gasteiger partial charge in [0.1, 0.15) is 12.4 Å². The summed E-state index contributed by atoms with van der Waals surface area (Å²) in [7, 11) is 0. The molecule has 0 saturated carbocycles. The van der Waals surface area contributed by atoms with Gasteiger partial charge < -0.3 is 15.5 Å². The average molecular weight is 541 g/mol. The van der Waals surface area contributed by atoms with Gasteiger partial charge in [-0.2, -0.15) is 5.10 Å². The summed E-state index contributed by atoms with van der Waals surface area (Å²) in [5.74, 6) is 0.303.